The maximum Gasteiger partial charge on any atom is 0.227 e. The van der Waals surface area contributed by atoms with Gasteiger partial charge in [-0.25, -0.2) is 8.78 Å². The number of nitrogens with zero attached hydrogens (tertiary/aromatic N) is 2. The zero-order chi connectivity index (χ0) is 23.1. The molecule has 31 heavy (non-hydrogen) atoms. The smallest absolute Gasteiger partial charge is 0.227 e. The minimum absolute atomic E-state index is 0.0536. The number of nitriles is 1. The van der Waals surface area contributed by atoms with Crippen LogP contribution in [-0.4, -0.2) is 11.0 Å². The van der Waals surface area contributed by atoms with Crippen LogP contribution in [0, 0.1) is 23.0 Å². The van der Waals surface area contributed by atoms with Gasteiger partial charge in [0.2, 0.25) is 5.91 Å². The number of carbonyl (C=O) groups is 1. The zero-order valence-corrected chi connectivity index (χ0v) is 19.3. The average Bonchev–Trinajstić information content (AvgIpc) is 3.41. The predicted molar refractivity (Wildman–Crippen MR) is 114 cm³/mol. The molecule has 2 aromatic rings. The number of thiophene rings is 1. The second kappa shape index (κ2) is 8.77. The van der Waals surface area contributed by atoms with Crippen LogP contribution in [0.25, 0.3) is 0 Å². The zero-order valence-electron chi connectivity index (χ0n) is 17.7. The number of hydrogen-bond donors (Lipinski definition) is 1. The molecule has 0 unspecified atom stereocenters. The fourth-order valence-corrected chi connectivity index (χ4v) is 5.46. The summed E-state index contributed by atoms with van der Waals surface area (Å²) in [6.07, 6.45) is 1.50. The van der Waals surface area contributed by atoms with Gasteiger partial charge in [0.05, 0.1) is 17.6 Å². The molecule has 0 spiro atoms. The topological polar surface area (TPSA) is 90.5 Å². The predicted octanol–water partition coefficient (Wildman–Crippen LogP) is 5.40. The largest absolute Gasteiger partial charge is 0.439 e. The van der Waals surface area contributed by atoms with Crippen molar-refractivity contribution in [1.29, 1.82) is 5.26 Å². The molecular formula is C22H23F2N2O3S2-. The van der Waals surface area contributed by atoms with Gasteiger partial charge in [-0.05, 0) is 71.6 Å². The maximum absolute atomic E-state index is 14.9. The molecule has 0 bridgehead atoms. The van der Waals surface area contributed by atoms with Gasteiger partial charge in [-0.3, -0.25) is 4.79 Å². The Kier molecular flexibility index (Phi) is 6.65. The summed E-state index contributed by atoms with van der Waals surface area (Å²) in [6, 6.07) is 4.45. The second-order valence-corrected chi connectivity index (χ2v) is 10.9. The fourth-order valence-electron chi connectivity index (χ4n) is 3.47. The molecule has 9 heteroatoms. The summed E-state index contributed by atoms with van der Waals surface area (Å²) < 4.78 is 45.0. The van der Waals surface area contributed by atoms with E-state index in [1.807, 2.05) is 6.07 Å². The number of benzene rings is 1. The molecule has 1 aromatic heterocycles. The third kappa shape index (κ3) is 5.03. The SMILES string of the molecule is CC(C)c1c(F)c(C#N)cc(C2CC2)c1CC(=O)N=[S-](=O)c1sc(C(C)(C)O)cc1F. The lowest BCUT2D eigenvalue weighted by atomic mass is 9.87. The van der Waals surface area contributed by atoms with Crippen LogP contribution in [0.3, 0.4) is 0 Å². The third-order valence-electron chi connectivity index (χ3n) is 5.09. The Labute approximate surface area is 185 Å². The first-order valence-corrected chi connectivity index (χ1v) is 11.8. The van der Waals surface area contributed by atoms with E-state index in [1.54, 1.807) is 13.8 Å². The van der Waals surface area contributed by atoms with Crippen molar-refractivity contribution < 1.29 is 22.9 Å². The van der Waals surface area contributed by atoms with Gasteiger partial charge in [-0.2, -0.15) is 16.6 Å². The van der Waals surface area contributed by atoms with Gasteiger partial charge in [0.1, 0.15) is 17.7 Å². The van der Waals surface area contributed by atoms with Crippen LogP contribution >= 0.6 is 11.3 Å². The number of amides is 1. The molecule has 0 atom stereocenters. The molecule has 0 saturated heterocycles. The van der Waals surface area contributed by atoms with Gasteiger partial charge in [-0.1, -0.05) is 13.8 Å². The van der Waals surface area contributed by atoms with Crippen LogP contribution in [0.4, 0.5) is 8.78 Å². The Morgan fingerprint density at radius 3 is 2.52 bits per heavy atom. The van der Waals surface area contributed by atoms with Gasteiger partial charge in [-0.15, -0.1) is 10.6 Å². The normalized spacial score (nSPS) is 15.3. The Bertz CT molecular complexity index is 1160. The van der Waals surface area contributed by atoms with Crippen molar-refractivity contribution in [2.24, 2.45) is 4.36 Å². The minimum Gasteiger partial charge on any atom is -0.439 e. The highest BCUT2D eigenvalue weighted by molar-refractivity contribution is 7.78. The van der Waals surface area contributed by atoms with E-state index >= 15 is 0 Å². The lowest BCUT2D eigenvalue weighted by Crippen LogP contribution is -2.12. The molecule has 1 heterocycles. The lowest BCUT2D eigenvalue weighted by molar-refractivity contribution is -0.117. The van der Waals surface area contributed by atoms with Crippen LogP contribution in [0.5, 0.6) is 0 Å². The van der Waals surface area contributed by atoms with Gasteiger partial charge >= 0.3 is 0 Å². The van der Waals surface area contributed by atoms with Crippen molar-refractivity contribution in [1.82, 2.24) is 0 Å². The maximum atomic E-state index is 14.9. The first-order chi connectivity index (χ1) is 14.4. The summed E-state index contributed by atoms with van der Waals surface area (Å²) in [4.78, 5) is 12.9. The first-order valence-electron chi connectivity index (χ1n) is 9.87. The Balaban J connectivity index is 1.99. The van der Waals surface area contributed by atoms with Gasteiger partial charge in [0, 0.05) is 4.88 Å². The summed E-state index contributed by atoms with van der Waals surface area (Å²) in [6.45, 7) is 6.50. The molecule has 3 rings (SSSR count). The van der Waals surface area contributed by atoms with E-state index in [1.165, 1.54) is 19.9 Å². The van der Waals surface area contributed by atoms with Crippen molar-refractivity contribution in [2.45, 2.75) is 68.6 Å². The summed E-state index contributed by atoms with van der Waals surface area (Å²) >= 11 is 0.789. The monoisotopic (exact) mass is 465 g/mol. The number of rotatable bonds is 6. The molecule has 1 amide bonds. The highest BCUT2D eigenvalue weighted by atomic mass is 32.2. The summed E-state index contributed by atoms with van der Waals surface area (Å²) in [7, 11) is -2.28. The third-order valence-corrected chi connectivity index (χ3v) is 7.87. The van der Waals surface area contributed by atoms with Crippen LogP contribution in [0.1, 0.15) is 79.5 Å². The van der Waals surface area contributed by atoms with Crippen molar-refractivity contribution in [3.05, 3.63) is 50.9 Å². The number of hydrogen-bond acceptors (Lipinski definition) is 6. The van der Waals surface area contributed by atoms with Crippen LogP contribution in [-0.2, 0) is 31.6 Å². The molecule has 1 aliphatic rings. The first kappa shape index (κ1) is 23.5. The summed E-state index contributed by atoms with van der Waals surface area (Å²) in [5.74, 6) is -2.33. The molecule has 1 aliphatic carbocycles. The van der Waals surface area contributed by atoms with Crippen molar-refractivity contribution in [3.63, 3.8) is 0 Å². The lowest BCUT2D eigenvalue weighted by Gasteiger charge is -2.19. The number of halogens is 2. The highest BCUT2D eigenvalue weighted by Crippen LogP contribution is 2.44. The van der Waals surface area contributed by atoms with Crippen molar-refractivity contribution in [3.8, 4) is 6.07 Å². The second-order valence-electron chi connectivity index (χ2n) is 8.48. The Morgan fingerprint density at radius 1 is 1.39 bits per heavy atom. The Hall–Kier alpha value is -2.15. The van der Waals surface area contributed by atoms with E-state index < -0.39 is 33.7 Å². The van der Waals surface area contributed by atoms with Gasteiger partial charge in [0.15, 0.2) is 0 Å². The molecule has 1 N–H and O–H groups in total. The van der Waals surface area contributed by atoms with Crippen molar-refractivity contribution >= 4 is 27.8 Å². The standard InChI is InChI=1S/C22H23F2N2O3S2/c1-11(2)19-15(14(12-5-6-12)7-13(10-25)20(19)24)8-18(27)26-31(29)21-16(23)9-17(30-21)22(3,4)28/h7,9,11-12,28H,5-6,8H2,1-4H3/q-1. The molecule has 0 aliphatic heterocycles. The van der Waals surface area contributed by atoms with E-state index in [0.717, 1.165) is 35.8 Å². The Morgan fingerprint density at radius 2 is 2.03 bits per heavy atom. The van der Waals surface area contributed by atoms with Crippen LogP contribution in [0.2, 0.25) is 0 Å². The molecule has 1 aromatic carbocycles. The number of aliphatic hydroxyl groups is 1. The van der Waals surface area contributed by atoms with Crippen molar-refractivity contribution in [2.75, 3.05) is 0 Å². The van der Waals surface area contributed by atoms with Gasteiger partial charge in [0.25, 0.3) is 0 Å². The van der Waals surface area contributed by atoms with Crippen LogP contribution < -0.4 is 0 Å². The highest BCUT2D eigenvalue weighted by Gasteiger charge is 2.31. The quantitative estimate of drug-likeness (QED) is 0.578. The molecule has 1 saturated carbocycles. The molecular weight excluding hydrogens is 442 g/mol. The molecule has 1 fully saturated rings. The minimum atomic E-state index is -2.28. The molecule has 5 nitrogen and oxygen atoms in total. The van der Waals surface area contributed by atoms with E-state index in [-0.39, 0.29) is 32.9 Å². The number of carbonyl (C=O) groups excluding carboxylic acids is 1. The van der Waals surface area contributed by atoms with E-state index in [2.05, 4.69) is 4.36 Å². The van der Waals surface area contributed by atoms with Crippen LogP contribution in [0.15, 0.2) is 20.7 Å². The molecule has 166 valence electrons. The fraction of sp³-hybridized carbons (Fsp3) is 0.455. The van der Waals surface area contributed by atoms with E-state index in [4.69, 9.17) is 0 Å². The van der Waals surface area contributed by atoms with E-state index in [0.29, 0.717) is 11.1 Å². The van der Waals surface area contributed by atoms with E-state index in [9.17, 15) is 28.2 Å². The summed E-state index contributed by atoms with van der Waals surface area (Å²) in [5, 5.41) is 19.3. The average molecular weight is 466 g/mol. The molecule has 0 radical (unpaired) electrons. The van der Waals surface area contributed by atoms with Gasteiger partial charge < -0.3 is 13.7 Å². The summed E-state index contributed by atoms with van der Waals surface area (Å²) in [5.41, 5.74) is 0.152.